The van der Waals surface area contributed by atoms with E-state index in [9.17, 15) is 0 Å². The molecular formula is C13H23N3. The smallest absolute Gasteiger partial charge is 0.108 e. The van der Waals surface area contributed by atoms with Crippen LogP contribution in [0.25, 0.3) is 0 Å². The highest BCUT2D eigenvalue weighted by Gasteiger charge is 2.23. The molecule has 2 atom stereocenters. The molecule has 1 aliphatic carbocycles. The third kappa shape index (κ3) is 2.64. The van der Waals surface area contributed by atoms with Crippen molar-refractivity contribution in [3.05, 3.63) is 18.2 Å². The van der Waals surface area contributed by atoms with E-state index >= 15 is 0 Å². The molecule has 2 unspecified atom stereocenters. The number of nitrogens with zero attached hydrogens (tertiary/aromatic N) is 2. The summed E-state index contributed by atoms with van der Waals surface area (Å²) in [6.07, 6.45) is 11.3. The van der Waals surface area contributed by atoms with Crippen LogP contribution in [0.4, 0.5) is 0 Å². The molecule has 0 radical (unpaired) electrons. The fraction of sp³-hybridized carbons (Fsp3) is 0.769. The SMILES string of the molecule is CCCc1nccn1CCC1CCCC1N. The molecule has 0 aliphatic heterocycles. The van der Waals surface area contributed by atoms with E-state index in [0.717, 1.165) is 18.9 Å². The van der Waals surface area contributed by atoms with Crippen LogP contribution >= 0.6 is 0 Å². The molecule has 1 fully saturated rings. The summed E-state index contributed by atoms with van der Waals surface area (Å²) in [7, 11) is 0. The maximum absolute atomic E-state index is 6.09. The van der Waals surface area contributed by atoms with Gasteiger partial charge in [-0.15, -0.1) is 0 Å². The van der Waals surface area contributed by atoms with E-state index in [1.165, 1.54) is 37.9 Å². The van der Waals surface area contributed by atoms with Crippen molar-refractivity contribution in [3.63, 3.8) is 0 Å². The van der Waals surface area contributed by atoms with E-state index in [-0.39, 0.29) is 0 Å². The van der Waals surface area contributed by atoms with Crippen molar-refractivity contribution in [3.8, 4) is 0 Å². The maximum Gasteiger partial charge on any atom is 0.108 e. The molecule has 1 aliphatic rings. The van der Waals surface area contributed by atoms with Crippen LogP contribution in [0.1, 0.15) is 44.9 Å². The van der Waals surface area contributed by atoms with E-state index in [0.29, 0.717) is 6.04 Å². The van der Waals surface area contributed by atoms with E-state index < -0.39 is 0 Å². The average Bonchev–Trinajstić information content (AvgIpc) is 2.86. The quantitative estimate of drug-likeness (QED) is 0.829. The first-order valence-electron chi connectivity index (χ1n) is 6.57. The average molecular weight is 221 g/mol. The first-order chi connectivity index (χ1) is 7.81. The third-order valence-electron chi connectivity index (χ3n) is 3.73. The molecule has 0 bridgehead atoms. The maximum atomic E-state index is 6.09. The molecule has 2 rings (SSSR count). The van der Waals surface area contributed by atoms with Crippen LogP contribution in [0, 0.1) is 5.92 Å². The molecular weight excluding hydrogens is 198 g/mol. The monoisotopic (exact) mass is 221 g/mol. The summed E-state index contributed by atoms with van der Waals surface area (Å²) >= 11 is 0. The lowest BCUT2D eigenvalue weighted by molar-refractivity contribution is 0.411. The molecule has 90 valence electrons. The van der Waals surface area contributed by atoms with E-state index in [4.69, 9.17) is 5.73 Å². The number of nitrogens with two attached hydrogens (primary N) is 1. The fourth-order valence-corrected chi connectivity index (χ4v) is 2.72. The van der Waals surface area contributed by atoms with Crippen molar-refractivity contribution >= 4 is 0 Å². The van der Waals surface area contributed by atoms with Crippen LogP contribution in [0.3, 0.4) is 0 Å². The van der Waals surface area contributed by atoms with E-state index in [1.54, 1.807) is 0 Å². The topological polar surface area (TPSA) is 43.8 Å². The molecule has 16 heavy (non-hydrogen) atoms. The molecule has 3 nitrogen and oxygen atoms in total. The zero-order chi connectivity index (χ0) is 11.4. The van der Waals surface area contributed by atoms with Crippen LogP contribution in [-0.2, 0) is 13.0 Å². The second-order valence-electron chi connectivity index (χ2n) is 4.93. The molecule has 1 saturated carbocycles. The van der Waals surface area contributed by atoms with Crippen LogP contribution in [-0.4, -0.2) is 15.6 Å². The third-order valence-corrected chi connectivity index (χ3v) is 3.73. The summed E-state index contributed by atoms with van der Waals surface area (Å²) in [5.74, 6) is 1.96. The summed E-state index contributed by atoms with van der Waals surface area (Å²) in [5, 5.41) is 0. The number of hydrogen-bond donors (Lipinski definition) is 1. The van der Waals surface area contributed by atoms with Gasteiger partial charge in [0.15, 0.2) is 0 Å². The fourth-order valence-electron chi connectivity index (χ4n) is 2.72. The van der Waals surface area contributed by atoms with E-state index in [1.807, 2.05) is 6.20 Å². The van der Waals surface area contributed by atoms with Crippen molar-refractivity contribution in [2.24, 2.45) is 11.7 Å². The lowest BCUT2D eigenvalue weighted by Gasteiger charge is -2.16. The lowest BCUT2D eigenvalue weighted by atomic mass is 10.0. The van der Waals surface area contributed by atoms with Crippen molar-refractivity contribution < 1.29 is 0 Å². The van der Waals surface area contributed by atoms with Crippen LogP contribution < -0.4 is 5.73 Å². The zero-order valence-corrected chi connectivity index (χ0v) is 10.2. The van der Waals surface area contributed by atoms with Crippen LogP contribution in [0.15, 0.2) is 12.4 Å². The Bertz CT molecular complexity index is 319. The first kappa shape index (κ1) is 11.6. The molecule has 0 spiro atoms. The van der Waals surface area contributed by atoms with Gasteiger partial charge in [0.1, 0.15) is 5.82 Å². The van der Waals surface area contributed by atoms with Crippen molar-refractivity contribution in [1.82, 2.24) is 9.55 Å². The normalized spacial score (nSPS) is 25.1. The Kier molecular flexibility index (Phi) is 3.99. The van der Waals surface area contributed by atoms with Crippen LogP contribution in [0.5, 0.6) is 0 Å². The predicted octanol–water partition coefficient (Wildman–Crippen LogP) is 2.35. The summed E-state index contributed by atoms with van der Waals surface area (Å²) in [6.45, 7) is 3.29. The molecule has 0 amide bonds. The highest BCUT2D eigenvalue weighted by molar-refractivity contribution is 4.93. The van der Waals surface area contributed by atoms with Gasteiger partial charge in [-0.25, -0.2) is 4.98 Å². The molecule has 2 N–H and O–H groups in total. The summed E-state index contributed by atoms with van der Waals surface area (Å²) in [4.78, 5) is 4.40. The van der Waals surface area contributed by atoms with Crippen molar-refractivity contribution in [1.29, 1.82) is 0 Å². The Hall–Kier alpha value is -0.830. The number of aromatic nitrogens is 2. The minimum absolute atomic E-state index is 0.443. The molecule has 3 heteroatoms. The van der Waals surface area contributed by atoms with Crippen LogP contribution in [0.2, 0.25) is 0 Å². The van der Waals surface area contributed by atoms with Gasteiger partial charge in [0.05, 0.1) is 0 Å². The van der Waals surface area contributed by atoms with E-state index in [2.05, 4.69) is 22.7 Å². The second kappa shape index (κ2) is 5.48. The summed E-state index contributed by atoms with van der Waals surface area (Å²) in [5.41, 5.74) is 6.09. The number of hydrogen-bond acceptors (Lipinski definition) is 2. The predicted molar refractivity (Wildman–Crippen MR) is 66.2 cm³/mol. The Morgan fingerprint density at radius 3 is 3.06 bits per heavy atom. The Balaban J connectivity index is 1.86. The molecule has 1 aromatic heterocycles. The number of aryl methyl sites for hydroxylation is 2. The molecule has 0 aromatic carbocycles. The number of rotatable bonds is 5. The summed E-state index contributed by atoms with van der Waals surface area (Å²) in [6, 6.07) is 0.443. The van der Waals surface area contributed by atoms with Gasteiger partial charge in [-0.1, -0.05) is 13.3 Å². The molecule has 1 heterocycles. The largest absolute Gasteiger partial charge is 0.335 e. The molecule has 0 saturated heterocycles. The lowest BCUT2D eigenvalue weighted by Crippen LogP contribution is -2.25. The van der Waals surface area contributed by atoms with Crippen molar-refractivity contribution in [2.45, 2.75) is 58.0 Å². The Morgan fingerprint density at radius 2 is 2.38 bits per heavy atom. The van der Waals surface area contributed by atoms with Gasteiger partial charge in [-0.05, 0) is 31.6 Å². The van der Waals surface area contributed by atoms with Crippen molar-refractivity contribution in [2.75, 3.05) is 0 Å². The standard InChI is InChI=1S/C13H23N3/c1-2-4-13-15-8-10-16(13)9-7-11-5-3-6-12(11)14/h8,10-12H,2-7,9,14H2,1H3. The van der Waals surface area contributed by atoms with Gasteiger partial charge >= 0.3 is 0 Å². The molecule has 1 aromatic rings. The highest BCUT2D eigenvalue weighted by Crippen LogP contribution is 2.27. The Labute approximate surface area is 98.1 Å². The summed E-state index contributed by atoms with van der Waals surface area (Å²) < 4.78 is 2.30. The second-order valence-corrected chi connectivity index (χ2v) is 4.93. The first-order valence-corrected chi connectivity index (χ1v) is 6.57. The van der Waals surface area contributed by atoms with Gasteiger partial charge in [0.2, 0.25) is 0 Å². The number of imidazole rings is 1. The van der Waals surface area contributed by atoms with Gasteiger partial charge in [0, 0.05) is 31.4 Å². The van der Waals surface area contributed by atoms with Gasteiger partial charge in [-0.2, -0.15) is 0 Å². The minimum atomic E-state index is 0.443. The van der Waals surface area contributed by atoms with Gasteiger partial charge in [-0.3, -0.25) is 0 Å². The van der Waals surface area contributed by atoms with Gasteiger partial charge < -0.3 is 10.3 Å². The highest BCUT2D eigenvalue weighted by atomic mass is 15.1. The Morgan fingerprint density at radius 1 is 1.50 bits per heavy atom. The van der Waals surface area contributed by atoms with Gasteiger partial charge in [0.25, 0.3) is 0 Å². The zero-order valence-electron chi connectivity index (χ0n) is 10.2. The minimum Gasteiger partial charge on any atom is -0.335 e.